The quantitative estimate of drug-likeness (QED) is 0.456. The van der Waals surface area contributed by atoms with Gasteiger partial charge in [0.1, 0.15) is 0 Å². The van der Waals surface area contributed by atoms with E-state index in [1.54, 1.807) is 44.6 Å². The number of nitrogens with zero attached hydrogens (tertiary/aromatic N) is 3. The van der Waals surface area contributed by atoms with Crippen molar-refractivity contribution in [1.82, 2.24) is 14.8 Å². The zero-order chi connectivity index (χ0) is 24.8. The Morgan fingerprint density at radius 2 is 1.88 bits per heavy atom. The second kappa shape index (κ2) is 11.8. The molecule has 1 aromatic heterocycles. The van der Waals surface area contributed by atoms with E-state index in [1.165, 1.54) is 4.90 Å². The van der Waals surface area contributed by atoms with Gasteiger partial charge in [0.2, 0.25) is 0 Å². The number of aryl methyl sites for hydroxylation is 1. The van der Waals surface area contributed by atoms with Crippen LogP contribution in [-0.2, 0) is 0 Å². The average Bonchev–Trinajstić information content (AvgIpc) is 2.77. The maximum absolute atomic E-state index is 15.0. The molecule has 0 N–H and O–H groups in total. The molecule has 0 saturated carbocycles. The molecule has 3 rings (SSSR count). The van der Waals surface area contributed by atoms with Crippen molar-refractivity contribution in [2.24, 2.45) is 0 Å². The predicted octanol–water partition coefficient (Wildman–Crippen LogP) is 6.41. The van der Waals surface area contributed by atoms with Crippen LogP contribution in [0.2, 0.25) is 0 Å². The molecule has 0 aliphatic carbocycles. The van der Waals surface area contributed by atoms with Gasteiger partial charge >= 0.3 is 0 Å². The predicted molar refractivity (Wildman–Crippen MR) is 135 cm³/mol. The first-order valence-corrected chi connectivity index (χ1v) is 12.1. The number of hydrogen-bond donors (Lipinski definition) is 0. The molecular formula is C26H34BrF2N3O. The van der Waals surface area contributed by atoms with Crippen molar-refractivity contribution in [1.29, 1.82) is 0 Å². The maximum atomic E-state index is 15.0. The Labute approximate surface area is 204 Å². The van der Waals surface area contributed by atoms with Gasteiger partial charge in [-0.25, -0.2) is 8.78 Å². The summed E-state index contributed by atoms with van der Waals surface area (Å²) in [6.45, 7) is 8.69. The molecule has 7 heteroatoms. The zero-order valence-electron chi connectivity index (χ0n) is 20.3. The Kier molecular flexibility index (Phi) is 9.73. The molecule has 1 aromatic carbocycles. The van der Waals surface area contributed by atoms with Crippen LogP contribution in [-0.4, -0.2) is 60.3 Å². The second-order valence-electron chi connectivity index (χ2n) is 8.42. The van der Waals surface area contributed by atoms with Crippen LogP contribution in [0.15, 0.2) is 46.6 Å². The first-order chi connectivity index (χ1) is 15.6. The Balaban J connectivity index is 0.00000187. The first kappa shape index (κ1) is 27.1. The third-order valence-electron chi connectivity index (χ3n) is 5.64. The number of amides is 1. The van der Waals surface area contributed by atoms with Crippen molar-refractivity contribution in [3.8, 4) is 0 Å². The number of benzene rings is 1. The lowest BCUT2D eigenvalue weighted by Gasteiger charge is -2.38. The van der Waals surface area contributed by atoms with Gasteiger partial charge in [0.15, 0.2) is 0 Å². The van der Waals surface area contributed by atoms with Gasteiger partial charge in [-0.15, -0.1) is 0 Å². The van der Waals surface area contributed by atoms with Crippen LogP contribution >= 0.6 is 15.9 Å². The molecule has 2 aromatic rings. The Morgan fingerprint density at radius 1 is 1.24 bits per heavy atom. The van der Waals surface area contributed by atoms with Gasteiger partial charge in [-0.05, 0) is 50.6 Å². The standard InChI is InChI=1S/C24H28BrF2N3O.C2H6/c1-16(13-20-17(2)28-11-9-22(20)25)14-30-12-10-21(24(26,27)15-30)18-5-7-19(8-6-18)23(31)29(3)4;1-2/h5-9,11,13,21H,10,12,14-15H2,1-4H3;1-2H3/b16-13+;/t21-;/m0./s1. The summed E-state index contributed by atoms with van der Waals surface area (Å²) in [7, 11) is 3.34. The van der Waals surface area contributed by atoms with Gasteiger partial charge in [0.05, 0.1) is 12.5 Å². The SMILES string of the molecule is C/C(=C\c1c(Br)ccnc1C)CN1CC[C@@H](c2ccc(C(=O)N(C)C)cc2)C(F)(F)C1.CC. The Hall–Kier alpha value is -2.12. The second-order valence-corrected chi connectivity index (χ2v) is 9.27. The molecule has 0 bridgehead atoms. The van der Waals surface area contributed by atoms with Crippen LogP contribution in [0.3, 0.4) is 0 Å². The van der Waals surface area contributed by atoms with E-state index in [9.17, 15) is 4.79 Å². The fourth-order valence-corrected chi connectivity index (χ4v) is 4.56. The summed E-state index contributed by atoms with van der Waals surface area (Å²) >= 11 is 3.53. The highest BCUT2D eigenvalue weighted by atomic mass is 79.9. The normalized spacial score (nSPS) is 18.3. The van der Waals surface area contributed by atoms with Crippen molar-refractivity contribution in [2.45, 2.75) is 46.0 Å². The smallest absolute Gasteiger partial charge is 0.267 e. The van der Waals surface area contributed by atoms with Crippen LogP contribution in [0.25, 0.3) is 6.08 Å². The molecule has 1 aliphatic rings. The van der Waals surface area contributed by atoms with Gasteiger partial charge < -0.3 is 4.90 Å². The zero-order valence-corrected chi connectivity index (χ0v) is 21.9. The van der Waals surface area contributed by atoms with E-state index in [-0.39, 0.29) is 12.5 Å². The third kappa shape index (κ3) is 6.93. The number of pyridine rings is 1. The Morgan fingerprint density at radius 3 is 2.42 bits per heavy atom. The maximum Gasteiger partial charge on any atom is 0.267 e. The van der Waals surface area contributed by atoms with Crippen molar-refractivity contribution in [3.63, 3.8) is 0 Å². The van der Waals surface area contributed by atoms with E-state index in [0.29, 0.717) is 30.6 Å². The summed E-state index contributed by atoms with van der Waals surface area (Å²) in [5.74, 6) is -3.81. The molecule has 180 valence electrons. The Bertz CT molecular complexity index is 954. The number of carbonyl (C=O) groups excluding carboxylic acids is 1. The minimum atomic E-state index is -2.84. The van der Waals surface area contributed by atoms with Crippen LogP contribution in [0, 0.1) is 6.92 Å². The summed E-state index contributed by atoms with van der Waals surface area (Å²) in [5.41, 5.74) is 3.98. The molecule has 33 heavy (non-hydrogen) atoms. The minimum absolute atomic E-state index is 0.133. The van der Waals surface area contributed by atoms with Crippen molar-refractivity contribution in [3.05, 3.63) is 69.0 Å². The van der Waals surface area contributed by atoms with Gasteiger partial charge in [0, 0.05) is 48.1 Å². The lowest BCUT2D eigenvalue weighted by Crippen LogP contribution is -2.47. The van der Waals surface area contributed by atoms with E-state index >= 15 is 8.78 Å². The van der Waals surface area contributed by atoms with Gasteiger partial charge in [-0.2, -0.15) is 0 Å². The molecule has 1 amide bonds. The highest BCUT2D eigenvalue weighted by molar-refractivity contribution is 9.10. The summed E-state index contributed by atoms with van der Waals surface area (Å²) in [4.78, 5) is 19.6. The third-order valence-corrected chi connectivity index (χ3v) is 6.34. The van der Waals surface area contributed by atoms with Gasteiger partial charge in [0.25, 0.3) is 11.8 Å². The molecule has 0 spiro atoms. The summed E-state index contributed by atoms with van der Waals surface area (Å²) in [5, 5.41) is 0. The molecule has 0 unspecified atom stereocenters. The molecule has 2 heterocycles. The topological polar surface area (TPSA) is 36.4 Å². The summed E-state index contributed by atoms with van der Waals surface area (Å²) in [6.07, 6.45) is 4.12. The fraction of sp³-hybridized carbons (Fsp3) is 0.462. The van der Waals surface area contributed by atoms with Crippen LogP contribution in [0.4, 0.5) is 8.78 Å². The number of carbonyl (C=O) groups is 1. The monoisotopic (exact) mass is 521 g/mol. The van der Waals surface area contributed by atoms with E-state index in [0.717, 1.165) is 21.3 Å². The number of rotatable bonds is 5. The number of alkyl halides is 2. The molecule has 1 atom stereocenters. The molecule has 1 fully saturated rings. The first-order valence-electron chi connectivity index (χ1n) is 11.3. The van der Waals surface area contributed by atoms with Crippen LogP contribution in [0.5, 0.6) is 0 Å². The van der Waals surface area contributed by atoms with E-state index in [2.05, 4.69) is 20.9 Å². The molecular weight excluding hydrogens is 488 g/mol. The van der Waals surface area contributed by atoms with E-state index in [4.69, 9.17) is 0 Å². The van der Waals surface area contributed by atoms with E-state index in [1.807, 2.05) is 44.7 Å². The fourth-order valence-electron chi connectivity index (χ4n) is 4.04. The lowest BCUT2D eigenvalue weighted by molar-refractivity contribution is -0.0805. The average molecular weight is 522 g/mol. The largest absolute Gasteiger partial charge is 0.345 e. The minimum Gasteiger partial charge on any atom is -0.345 e. The van der Waals surface area contributed by atoms with E-state index < -0.39 is 11.8 Å². The van der Waals surface area contributed by atoms with Crippen LogP contribution < -0.4 is 0 Å². The summed E-state index contributed by atoms with van der Waals surface area (Å²) < 4.78 is 31.0. The molecule has 0 radical (unpaired) electrons. The highest BCUT2D eigenvalue weighted by Gasteiger charge is 2.45. The van der Waals surface area contributed by atoms with Crippen molar-refractivity contribution >= 4 is 27.9 Å². The molecule has 1 saturated heterocycles. The number of aromatic nitrogens is 1. The van der Waals surface area contributed by atoms with Crippen molar-refractivity contribution < 1.29 is 13.6 Å². The number of hydrogen-bond acceptors (Lipinski definition) is 3. The highest BCUT2D eigenvalue weighted by Crippen LogP contribution is 2.40. The summed E-state index contributed by atoms with van der Waals surface area (Å²) in [6, 6.07) is 8.49. The number of piperidine rings is 1. The van der Waals surface area contributed by atoms with Gasteiger partial charge in [-0.3, -0.25) is 14.7 Å². The lowest BCUT2D eigenvalue weighted by atomic mass is 9.85. The number of likely N-dealkylation sites (tertiary alicyclic amines) is 1. The molecule has 1 aliphatic heterocycles. The van der Waals surface area contributed by atoms with Crippen LogP contribution in [0.1, 0.15) is 60.3 Å². The van der Waals surface area contributed by atoms with Gasteiger partial charge in [-0.1, -0.05) is 53.6 Å². The molecule has 4 nitrogen and oxygen atoms in total. The van der Waals surface area contributed by atoms with Crippen molar-refractivity contribution in [2.75, 3.05) is 33.7 Å². The number of halogens is 3.